The van der Waals surface area contributed by atoms with Crippen LogP contribution in [0, 0.1) is 3.57 Å². The third kappa shape index (κ3) is 5.39. The summed E-state index contributed by atoms with van der Waals surface area (Å²) in [5, 5.41) is 14.5. The second-order valence-electron chi connectivity index (χ2n) is 4.98. The van der Waals surface area contributed by atoms with E-state index in [-0.39, 0.29) is 10.7 Å². The van der Waals surface area contributed by atoms with Crippen LogP contribution in [0.15, 0.2) is 40.9 Å². The van der Waals surface area contributed by atoms with Crippen molar-refractivity contribution in [3.05, 3.63) is 55.6 Å². The summed E-state index contributed by atoms with van der Waals surface area (Å²) in [5.74, 6) is -0.876. The number of amides is 1. The molecule has 3 N–H and O–H groups in total. The quantitative estimate of drug-likeness (QED) is 0.382. The Hall–Kier alpha value is -1.72. The van der Waals surface area contributed by atoms with E-state index >= 15 is 0 Å². The predicted octanol–water partition coefficient (Wildman–Crippen LogP) is 4.28. The number of aromatic carboxylic acids is 1. The fraction of sp³-hybridized carbons (Fsp3) is 0.118. The zero-order chi connectivity index (χ0) is 19.3. The molecule has 0 aliphatic carbocycles. The van der Waals surface area contributed by atoms with Gasteiger partial charge in [0, 0.05) is 9.13 Å². The lowest BCUT2D eigenvalue weighted by molar-refractivity contribution is 0.0697. The molecule has 6 nitrogen and oxygen atoms in total. The minimum absolute atomic E-state index is 0.00344. The Morgan fingerprint density at radius 2 is 2.00 bits per heavy atom. The lowest BCUT2D eigenvalue weighted by atomic mass is 10.2. The van der Waals surface area contributed by atoms with Crippen LogP contribution in [0.5, 0.6) is 5.75 Å². The number of nitrogens with one attached hydrogen (secondary N) is 2. The summed E-state index contributed by atoms with van der Waals surface area (Å²) < 4.78 is 6.83. The molecule has 0 aliphatic heterocycles. The minimum Gasteiger partial charge on any atom is -0.493 e. The molecule has 136 valence electrons. The van der Waals surface area contributed by atoms with Crippen LogP contribution in [-0.2, 0) is 0 Å². The number of rotatable bonds is 5. The number of ether oxygens (including phenoxy) is 1. The van der Waals surface area contributed by atoms with Gasteiger partial charge in [0.05, 0.1) is 22.3 Å². The maximum atomic E-state index is 12.3. The van der Waals surface area contributed by atoms with Gasteiger partial charge in [-0.2, -0.15) is 0 Å². The molecule has 0 spiro atoms. The number of carboxylic acids is 1. The number of carboxylic acid groups (broad SMARTS) is 1. The van der Waals surface area contributed by atoms with Gasteiger partial charge < -0.3 is 15.2 Å². The van der Waals surface area contributed by atoms with Gasteiger partial charge in [-0.15, -0.1) is 0 Å². The molecule has 2 aromatic rings. The molecular weight excluding hydrogens is 535 g/mol. The van der Waals surface area contributed by atoms with E-state index in [0.29, 0.717) is 28.1 Å². The molecule has 0 aromatic heterocycles. The molecular formula is C17H14BrIN2O4S. The number of hydrogen-bond donors (Lipinski definition) is 3. The molecule has 0 atom stereocenters. The van der Waals surface area contributed by atoms with Crippen molar-refractivity contribution in [2.75, 3.05) is 11.9 Å². The monoisotopic (exact) mass is 548 g/mol. The SMILES string of the molecule is CCOc1ccc(C(=O)NC(=S)Nc2ccc(I)cc2C(=O)O)cc1Br. The largest absolute Gasteiger partial charge is 0.493 e. The fourth-order valence-electron chi connectivity index (χ4n) is 2.05. The smallest absolute Gasteiger partial charge is 0.337 e. The molecule has 0 saturated heterocycles. The second kappa shape index (κ2) is 9.28. The number of thiocarbonyl (C=S) groups is 1. The van der Waals surface area contributed by atoms with Crippen LogP contribution < -0.4 is 15.4 Å². The Morgan fingerprint density at radius 1 is 1.27 bits per heavy atom. The molecule has 0 bridgehead atoms. The molecule has 0 heterocycles. The molecule has 0 saturated carbocycles. The average molecular weight is 549 g/mol. The predicted molar refractivity (Wildman–Crippen MR) is 115 cm³/mol. The highest BCUT2D eigenvalue weighted by Crippen LogP contribution is 2.26. The Bertz CT molecular complexity index is 876. The Labute approximate surface area is 177 Å². The van der Waals surface area contributed by atoms with Crippen LogP contribution in [0.1, 0.15) is 27.6 Å². The lowest BCUT2D eigenvalue weighted by Crippen LogP contribution is -2.34. The summed E-state index contributed by atoms with van der Waals surface area (Å²) in [5.41, 5.74) is 0.749. The fourth-order valence-corrected chi connectivity index (χ4v) is 3.23. The highest BCUT2D eigenvalue weighted by Gasteiger charge is 2.14. The maximum absolute atomic E-state index is 12.3. The van der Waals surface area contributed by atoms with Crippen LogP contribution in [0.25, 0.3) is 0 Å². The first-order valence-electron chi connectivity index (χ1n) is 7.39. The average Bonchev–Trinajstić information content (AvgIpc) is 2.58. The van der Waals surface area contributed by atoms with Gasteiger partial charge in [0.15, 0.2) is 5.11 Å². The van der Waals surface area contributed by atoms with Gasteiger partial charge in [-0.3, -0.25) is 10.1 Å². The van der Waals surface area contributed by atoms with E-state index in [0.717, 1.165) is 3.57 Å². The van der Waals surface area contributed by atoms with E-state index < -0.39 is 11.9 Å². The number of anilines is 1. The minimum atomic E-state index is -1.09. The van der Waals surface area contributed by atoms with E-state index in [1.54, 1.807) is 30.3 Å². The zero-order valence-electron chi connectivity index (χ0n) is 13.5. The van der Waals surface area contributed by atoms with Crippen LogP contribution >= 0.6 is 50.7 Å². The van der Waals surface area contributed by atoms with Gasteiger partial charge >= 0.3 is 5.97 Å². The van der Waals surface area contributed by atoms with Gasteiger partial charge in [0.25, 0.3) is 5.91 Å². The Kier molecular flexibility index (Phi) is 7.35. The van der Waals surface area contributed by atoms with Gasteiger partial charge in [-0.25, -0.2) is 4.79 Å². The number of carbonyl (C=O) groups is 2. The summed E-state index contributed by atoms with van der Waals surface area (Å²) in [6, 6.07) is 9.76. The molecule has 26 heavy (non-hydrogen) atoms. The summed E-state index contributed by atoms with van der Waals surface area (Å²) in [4.78, 5) is 23.7. The Balaban J connectivity index is 2.10. The second-order valence-corrected chi connectivity index (χ2v) is 7.49. The third-order valence-electron chi connectivity index (χ3n) is 3.18. The van der Waals surface area contributed by atoms with Gasteiger partial charge in [0.2, 0.25) is 0 Å². The van der Waals surface area contributed by atoms with E-state index in [4.69, 9.17) is 17.0 Å². The van der Waals surface area contributed by atoms with E-state index in [9.17, 15) is 14.7 Å². The van der Waals surface area contributed by atoms with Crippen LogP contribution in [0.4, 0.5) is 5.69 Å². The van der Waals surface area contributed by atoms with Crippen molar-refractivity contribution >= 4 is 73.4 Å². The molecule has 0 fully saturated rings. The van der Waals surface area contributed by atoms with Crippen molar-refractivity contribution < 1.29 is 19.4 Å². The van der Waals surface area contributed by atoms with Crippen molar-refractivity contribution in [2.45, 2.75) is 6.92 Å². The molecule has 0 unspecified atom stereocenters. The number of carbonyl (C=O) groups excluding carboxylic acids is 1. The summed E-state index contributed by atoms with van der Waals surface area (Å²) in [6.07, 6.45) is 0. The first-order valence-corrected chi connectivity index (χ1v) is 9.67. The van der Waals surface area contributed by atoms with Gasteiger partial charge in [0.1, 0.15) is 5.75 Å². The topological polar surface area (TPSA) is 87.7 Å². The first kappa shape index (κ1) is 20.6. The number of benzene rings is 2. The van der Waals surface area contributed by atoms with Crippen LogP contribution in [0.3, 0.4) is 0 Å². The summed E-state index contributed by atoms with van der Waals surface area (Å²) in [6.45, 7) is 2.38. The van der Waals surface area contributed by atoms with Crippen molar-refractivity contribution in [2.24, 2.45) is 0 Å². The zero-order valence-corrected chi connectivity index (χ0v) is 18.1. The van der Waals surface area contributed by atoms with Crippen molar-refractivity contribution in [3.8, 4) is 5.75 Å². The van der Waals surface area contributed by atoms with Gasteiger partial charge in [-0.1, -0.05) is 0 Å². The number of halogens is 2. The summed E-state index contributed by atoms with van der Waals surface area (Å²) >= 11 is 10.5. The van der Waals surface area contributed by atoms with E-state index in [1.165, 1.54) is 6.07 Å². The van der Waals surface area contributed by atoms with E-state index in [1.807, 2.05) is 29.5 Å². The van der Waals surface area contributed by atoms with Crippen molar-refractivity contribution in [1.29, 1.82) is 0 Å². The molecule has 2 aromatic carbocycles. The van der Waals surface area contributed by atoms with Gasteiger partial charge in [-0.05, 0) is 94.1 Å². The summed E-state index contributed by atoms with van der Waals surface area (Å²) in [7, 11) is 0. The molecule has 9 heteroatoms. The van der Waals surface area contributed by atoms with Crippen LogP contribution in [-0.4, -0.2) is 28.7 Å². The molecule has 1 amide bonds. The third-order valence-corrected chi connectivity index (χ3v) is 4.68. The van der Waals surface area contributed by atoms with Crippen LogP contribution in [0.2, 0.25) is 0 Å². The highest BCUT2D eigenvalue weighted by atomic mass is 127. The van der Waals surface area contributed by atoms with E-state index in [2.05, 4.69) is 26.6 Å². The normalized spacial score (nSPS) is 10.1. The molecule has 0 aliphatic rings. The molecule has 2 rings (SSSR count). The Morgan fingerprint density at radius 3 is 2.62 bits per heavy atom. The van der Waals surface area contributed by atoms with Crippen molar-refractivity contribution in [3.63, 3.8) is 0 Å². The number of hydrogen-bond acceptors (Lipinski definition) is 4. The standard InChI is InChI=1S/C17H14BrIN2O4S/c1-2-25-14-6-3-9(7-12(14)18)15(22)21-17(26)20-13-5-4-10(19)8-11(13)16(23)24/h3-8H,2H2,1H3,(H,23,24)(H2,20,21,22,26). The first-order chi connectivity index (χ1) is 12.3. The maximum Gasteiger partial charge on any atom is 0.337 e. The highest BCUT2D eigenvalue weighted by molar-refractivity contribution is 14.1. The van der Waals surface area contributed by atoms with Crippen molar-refractivity contribution in [1.82, 2.24) is 5.32 Å². The lowest BCUT2D eigenvalue weighted by Gasteiger charge is -2.13. The molecule has 0 radical (unpaired) electrons.